The molecule has 1 amide bonds. The maximum absolute atomic E-state index is 12.8. The summed E-state index contributed by atoms with van der Waals surface area (Å²) in [6.07, 6.45) is 7.02. The van der Waals surface area contributed by atoms with Crippen molar-refractivity contribution in [3.8, 4) is 11.4 Å². The van der Waals surface area contributed by atoms with E-state index >= 15 is 0 Å². The van der Waals surface area contributed by atoms with Crippen molar-refractivity contribution in [1.29, 1.82) is 0 Å². The summed E-state index contributed by atoms with van der Waals surface area (Å²) in [6.45, 7) is 4.09. The summed E-state index contributed by atoms with van der Waals surface area (Å²) in [5, 5.41) is 12.0. The highest BCUT2D eigenvalue weighted by atomic mass is 32.2. The number of fused-ring (bicyclic) bond motifs is 2. The fourth-order valence-electron chi connectivity index (χ4n) is 4.81. The van der Waals surface area contributed by atoms with Gasteiger partial charge in [-0.2, -0.15) is 0 Å². The van der Waals surface area contributed by atoms with E-state index in [4.69, 9.17) is 4.74 Å². The third kappa shape index (κ3) is 3.90. The molecular weight excluding hydrogens is 372 g/mol. The molecule has 5 unspecified atom stereocenters. The van der Waals surface area contributed by atoms with Gasteiger partial charge in [-0.3, -0.25) is 9.36 Å². The first-order chi connectivity index (χ1) is 13.5. The van der Waals surface area contributed by atoms with E-state index < -0.39 is 0 Å². The van der Waals surface area contributed by atoms with Gasteiger partial charge in [-0.05, 0) is 63.0 Å². The molecule has 1 N–H and O–H groups in total. The predicted molar refractivity (Wildman–Crippen MR) is 110 cm³/mol. The van der Waals surface area contributed by atoms with Gasteiger partial charge in [-0.1, -0.05) is 24.2 Å². The molecular formula is C21H28N4O2S. The smallest absolute Gasteiger partial charge is 0.233 e. The number of nitrogens with zero attached hydrogens (tertiary/aromatic N) is 3. The molecule has 2 saturated carbocycles. The highest BCUT2D eigenvalue weighted by molar-refractivity contribution is 8.00. The first-order valence-corrected chi connectivity index (χ1v) is 10.9. The van der Waals surface area contributed by atoms with Gasteiger partial charge in [0.25, 0.3) is 0 Å². The second kappa shape index (κ2) is 8.15. The van der Waals surface area contributed by atoms with Gasteiger partial charge in [-0.15, -0.1) is 10.2 Å². The van der Waals surface area contributed by atoms with Gasteiger partial charge in [0.1, 0.15) is 12.1 Å². The number of hydrogen-bond donors (Lipinski definition) is 1. The molecule has 6 nitrogen and oxygen atoms in total. The average molecular weight is 401 g/mol. The van der Waals surface area contributed by atoms with Crippen LogP contribution in [0.4, 0.5) is 0 Å². The molecule has 0 aliphatic heterocycles. The molecule has 0 spiro atoms. The monoisotopic (exact) mass is 400 g/mol. The quantitative estimate of drug-likeness (QED) is 0.718. The number of ether oxygens (including phenoxy) is 1. The fourth-order valence-corrected chi connectivity index (χ4v) is 5.66. The zero-order chi connectivity index (χ0) is 19.7. The normalized spacial score (nSPS) is 25.5. The Morgan fingerprint density at radius 1 is 1.32 bits per heavy atom. The fraction of sp³-hybridized carbons (Fsp3) is 0.571. The number of hydrogen-bond acceptors (Lipinski definition) is 5. The standard InChI is InChI=1S/C21H28N4O2S/c1-13(19-10-15-7-8-16(19)9-15)23-20(26)14(2)28-21-24-22-12-25(21)17-5-4-6-18(11-17)27-3/h4-6,11-16,19H,7-10H2,1-3H3,(H,23,26). The molecule has 2 aliphatic rings. The Morgan fingerprint density at radius 3 is 2.89 bits per heavy atom. The Labute approximate surface area is 170 Å². The third-order valence-electron chi connectivity index (χ3n) is 6.30. The average Bonchev–Trinajstić information content (AvgIpc) is 3.45. The van der Waals surface area contributed by atoms with E-state index in [9.17, 15) is 4.79 Å². The number of thioether (sulfide) groups is 1. The van der Waals surface area contributed by atoms with E-state index in [-0.39, 0.29) is 17.2 Å². The van der Waals surface area contributed by atoms with Crippen LogP contribution in [0.3, 0.4) is 0 Å². The Morgan fingerprint density at radius 2 is 2.18 bits per heavy atom. The molecule has 2 fully saturated rings. The number of benzene rings is 1. The zero-order valence-corrected chi connectivity index (χ0v) is 17.5. The first-order valence-electron chi connectivity index (χ1n) is 10.1. The van der Waals surface area contributed by atoms with Gasteiger partial charge in [0, 0.05) is 12.1 Å². The van der Waals surface area contributed by atoms with Crippen LogP contribution in [-0.2, 0) is 4.79 Å². The number of amides is 1. The predicted octanol–water partition coefficient (Wildman–Crippen LogP) is 3.70. The van der Waals surface area contributed by atoms with E-state index in [1.807, 2.05) is 35.8 Å². The van der Waals surface area contributed by atoms with Gasteiger partial charge in [-0.25, -0.2) is 0 Å². The summed E-state index contributed by atoms with van der Waals surface area (Å²) >= 11 is 1.43. The molecule has 2 aromatic rings. The maximum Gasteiger partial charge on any atom is 0.233 e. The molecule has 1 heterocycles. The van der Waals surface area contributed by atoms with Gasteiger partial charge < -0.3 is 10.1 Å². The van der Waals surface area contributed by atoms with Gasteiger partial charge in [0.05, 0.1) is 18.0 Å². The molecule has 2 aliphatic carbocycles. The Hall–Kier alpha value is -2.02. The minimum absolute atomic E-state index is 0.0699. The summed E-state index contributed by atoms with van der Waals surface area (Å²) in [6, 6.07) is 7.96. The van der Waals surface area contributed by atoms with Crippen molar-refractivity contribution in [3.63, 3.8) is 0 Å². The number of nitrogens with one attached hydrogen (secondary N) is 1. The lowest BCUT2D eigenvalue weighted by atomic mass is 9.84. The Kier molecular flexibility index (Phi) is 5.62. The van der Waals surface area contributed by atoms with Gasteiger partial charge in [0.15, 0.2) is 5.16 Å². The van der Waals surface area contributed by atoms with E-state index in [2.05, 4.69) is 22.4 Å². The first kappa shape index (κ1) is 19.3. The molecule has 28 heavy (non-hydrogen) atoms. The molecule has 2 bridgehead atoms. The minimum Gasteiger partial charge on any atom is -0.497 e. The van der Waals surface area contributed by atoms with Crippen molar-refractivity contribution in [2.24, 2.45) is 17.8 Å². The van der Waals surface area contributed by atoms with Crippen LogP contribution < -0.4 is 10.1 Å². The van der Waals surface area contributed by atoms with Crippen LogP contribution in [0.2, 0.25) is 0 Å². The molecule has 4 rings (SSSR count). The number of aromatic nitrogens is 3. The number of rotatable bonds is 7. The van der Waals surface area contributed by atoms with Crippen LogP contribution in [0.1, 0.15) is 39.5 Å². The Balaban J connectivity index is 1.39. The molecule has 7 heteroatoms. The molecule has 150 valence electrons. The Bertz CT molecular complexity index is 839. The van der Waals surface area contributed by atoms with Crippen molar-refractivity contribution in [2.75, 3.05) is 7.11 Å². The SMILES string of the molecule is COc1cccc(-n2cnnc2SC(C)C(=O)NC(C)C2CC3CCC2C3)c1. The van der Waals surface area contributed by atoms with Gasteiger partial charge >= 0.3 is 0 Å². The van der Waals surface area contributed by atoms with Crippen LogP contribution >= 0.6 is 11.8 Å². The second-order valence-electron chi connectivity index (χ2n) is 8.08. The van der Waals surface area contributed by atoms with Gasteiger partial charge in [0.2, 0.25) is 5.91 Å². The van der Waals surface area contributed by atoms with E-state index in [0.29, 0.717) is 11.1 Å². The lowest BCUT2D eigenvalue weighted by Crippen LogP contribution is -2.43. The van der Waals surface area contributed by atoms with Crippen LogP contribution in [0.15, 0.2) is 35.7 Å². The number of methoxy groups -OCH3 is 1. The van der Waals surface area contributed by atoms with E-state index in [1.165, 1.54) is 37.4 Å². The van der Waals surface area contributed by atoms with Crippen molar-refractivity contribution < 1.29 is 9.53 Å². The highest BCUT2D eigenvalue weighted by Gasteiger charge is 2.42. The van der Waals surface area contributed by atoms with Crippen LogP contribution in [0.25, 0.3) is 5.69 Å². The maximum atomic E-state index is 12.8. The van der Waals surface area contributed by atoms with Crippen molar-refractivity contribution in [2.45, 2.75) is 56.0 Å². The number of carbonyl (C=O) groups is 1. The molecule has 5 atom stereocenters. The third-order valence-corrected chi connectivity index (χ3v) is 7.36. The molecule has 0 radical (unpaired) electrons. The number of carbonyl (C=O) groups excluding carboxylic acids is 1. The van der Waals surface area contributed by atoms with E-state index in [1.54, 1.807) is 13.4 Å². The zero-order valence-electron chi connectivity index (χ0n) is 16.7. The summed E-state index contributed by atoms with van der Waals surface area (Å²) in [5.74, 6) is 3.18. The highest BCUT2D eigenvalue weighted by Crippen LogP contribution is 2.49. The van der Waals surface area contributed by atoms with Crippen LogP contribution in [0.5, 0.6) is 5.75 Å². The lowest BCUT2D eigenvalue weighted by Gasteiger charge is -2.29. The molecule has 1 aromatic carbocycles. The topological polar surface area (TPSA) is 69.0 Å². The summed E-state index contributed by atoms with van der Waals surface area (Å²) < 4.78 is 7.19. The second-order valence-corrected chi connectivity index (χ2v) is 9.39. The molecule has 0 saturated heterocycles. The molecule has 1 aromatic heterocycles. The van der Waals surface area contributed by atoms with E-state index in [0.717, 1.165) is 23.3 Å². The largest absolute Gasteiger partial charge is 0.497 e. The lowest BCUT2D eigenvalue weighted by molar-refractivity contribution is -0.121. The summed E-state index contributed by atoms with van der Waals surface area (Å²) in [5.41, 5.74) is 0.912. The van der Waals surface area contributed by atoms with Crippen molar-refractivity contribution in [1.82, 2.24) is 20.1 Å². The van der Waals surface area contributed by atoms with Crippen LogP contribution in [-0.4, -0.2) is 39.1 Å². The van der Waals surface area contributed by atoms with Crippen molar-refractivity contribution in [3.05, 3.63) is 30.6 Å². The summed E-state index contributed by atoms with van der Waals surface area (Å²) in [7, 11) is 1.64. The van der Waals surface area contributed by atoms with Crippen LogP contribution in [0, 0.1) is 17.8 Å². The summed E-state index contributed by atoms with van der Waals surface area (Å²) in [4.78, 5) is 12.8. The van der Waals surface area contributed by atoms with Crippen molar-refractivity contribution >= 4 is 17.7 Å². The minimum atomic E-state index is -0.241.